The summed E-state index contributed by atoms with van der Waals surface area (Å²) in [6.07, 6.45) is 3.60. The zero-order valence-corrected chi connectivity index (χ0v) is 9.61. The van der Waals surface area contributed by atoms with Crippen molar-refractivity contribution in [3.63, 3.8) is 0 Å². The number of carboxylic acid groups (broad SMARTS) is 1. The minimum absolute atomic E-state index is 0.0500. The molecule has 0 aliphatic heterocycles. The van der Waals surface area contributed by atoms with Crippen molar-refractivity contribution in [2.75, 3.05) is 6.54 Å². The van der Waals surface area contributed by atoms with Crippen LogP contribution in [0.15, 0.2) is 0 Å². The summed E-state index contributed by atoms with van der Waals surface area (Å²) in [6.45, 7) is 2.04. The van der Waals surface area contributed by atoms with Gasteiger partial charge in [-0.25, -0.2) is 0 Å². The molecule has 0 aromatic heterocycles. The standard InChI is InChI=1S/C11H20N2O3/c1-7(12)10(14)13-6-8-4-2-3-5-9(8)11(15)16/h7-9H,2-6,12H2,1H3,(H,13,14)(H,15,16)/t7-,8?,9?/m1/s1. The number of aliphatic carboxylic acids is 1. The lowest BCUT2D eigenvalue weighted by Crippen LogP contribution is -2.43. The van der Waals surface area contributed by atoms with E-state index in [0.29, 0.717) is 13.0 Å². The Morgan fingerprint density at radius 3 is 2.62 bits per heavy atom. The molecule has 5 heteroatoms. The predicted molar refractivity (Wildman–Crippen MR) is 59.7 cm³/mol. The summed E-state index contributed by atoms with van der Waals surface area (Å²) in [7, 11) is 0. The van der Waals surface area contributed by atoms with Gasteiger partial charge in [0.15, 0.2) is 0 Å². The molecule has 1 fully saturated rings. The average molecular weight is 228 g/mol. The Labute approximate surface area is 95.4 Å². The van der Waals surface area contributed by atoms with Crippen LogP contribution in [0.2, 0.25) is 0 Å². The van der Waals surface area contributed by atoms with Crippen molar-refractivity contribution in [3.8, 4) is 0 Å². The summed E-state index contributed by atoms with van der Waals surface area (Å²) >= 11 is 0. The van der Waals surface area contributed by atoms with Crippen LogP contribution in [-0.4, -0.2) is 29.6 Å². The van der Waals surface area contributed by atoms with Crippen molar-refractivity contribution >= 4 is 11.9 Å². The molecule has 1 amide bonds. The number of carbonyl (C=O) groups is 2. The van der Waals surface area contributed by atoms with E-state index in [1.165, 1.54) is 0 Å². The number of nitrogens with two attached hydrogens (primary N) is 1. The van der Waals surface area contributed by atoms with Gasteiger partial charge < -0.3 is 16.2 Å². The van der Waals surface area contributed by atoms with Crippen LogP contribution >= 0.6 is 0 Å². The lowest BCUT2D eigenvalue weighted by molar-refractivity contribution is -0.145. The summed E-state index contributed by atoms with van der Waals surface area (Å²) in [6, 6.07) is -0.535. The zero-order valence-electron chi connectivity index (χ0n) is 9.61. The van der Waals surface area contributed by atoms with Gasteiger partial charge in [0.2, 0.25) is 5.91 Å². The summed E-state index contributed by atoms with van der Waals surface area (Å²) < 4.78 is 0. The van der Waals surface area contributed by atoms with E-state index in [1.807, 2.05) is 0 Å². The van der Waals surface area contributed by atoms with Crippen LogP contribution in [0, 0.1) is 11.8 Å². The number of amides is 1. The second-order valence-corrected chi connectivity index (χ2v) is 4.52. The van der Waals surface area contributed by atoms with Gasteiger partial charge in [0.05, 0.1) is 12.0 Å². The second kappa shape index (κ2) is 5.84. The van der Waals surface area contributed by atoms with Crippen LogP contribution in [0.1, 0.15) is 32.6 Å². The molecule has 1 aliphatic carbocycles. The molecule has 16 heavy (non-hydrogen) atoms. The Bertz CT molecular complexity index is 266. The van der Waals surface area contributed by atoms with Gasteiger partial charge in [0.25, 0.3) is 0 Å². The molecule has 1 saturated carbocycles. The van der Waals surface area contributed by atoms with Gasteiger partial charge in [0, 0.05) is 6.54 Å². The summed E-state index contributed by atoms with van der Waals surface area (Å²) in [5.74, 6) is -1.23. The molecule has 0 saturated heterocycles. The first kappa shape index (κ1) is 13.0. The van der Waals surface area contributed by atoms with Gasteiger partial charge in [0.1, 0.15) is 0 Å². The number of hydrogen-bond acceptors (Lipinski definition) is 3. The normalized spacial score (nSPS) is 27.1. The predicted octanol–water partition coefficient (Wildman–Crippen LogP) is 0.341. The van der Waals surface area contributed by atoms with E-state index in [1.54, 1.807) is 6.92 Å². The molecule has 1 rings (SSSR count). The molecule has 0 bridgehead atoms. The molecule has 0 aromatic carbocycles. The second-order valence-electron chi connectivity index (χ2n) is 4.52. The van der Waals surface area contributed by atoms with Gasteiger partial charge in [-0.2, -0.15) is 0 Å². The van der Waals surface area contributed by atoms with Crippen molar-refractivity contribution in [1.29, 1.82) is 0 Å². The van der Waals surface area contributed by atoms with Gasteiger partial charge in [-0.3, -0.25) is 9.59 Å². The van der Waals surface area contributed by atoms with Crippen molar-refractivity contribution in [2.45, 2.75) is 38.6 Å². The minimum atomic E-state index is -0.750. The quantitative estimate of drug-likeness (QED) is 0.647. The van der Waals surface area contributed by atoms with E-state index in [2.05, 4.69) is 5.32 Å². The fourth-order valence-electron chi connectivity index (χ4n) is 2.17. The zero-order chi connectivity index (χ0) is 12.1. The molecule has 0 spiro atoms. The molecule has 0 radical (unpaired) electrons. The van der Waals surface area contributed by atoms with Crippen molar-refractivity contribution in [2.24, 2.45) is 17.6 Å². The first-order chi connectivity index (χ1) is 7.52. The molecule has 5 nitrogen and oxygen atoms in total. The topological polar surface area (TPSA) is 92.4 Å². The summed E-state index contributed by atoms with van der Waals surface area (Å²) in [4.78, 5) is 22.3. The number of nitrogens with one attached hydrogen (secondary N) is 1. The number of carboxylic acids is 1. The number of carbonyl (C=O) groups excluding carboxylic acids is 1. The molecular formula is C11H20N2O3. The highest BCUT2D eigenvalue weighted by atomic mass is 16.4. The highest BCUT2D eigenvalue weighted by Crippen LogP contribution is 2.29. The lowest BCUT2D eigenvalue weighted by Gasteiger charge is -2.28. The van der Waals surface area contributed by atoms with E-state index in [-0.39, 0.29) is 17.7 Å². The molecule has 92 valence electrons. The third-order valence-electron chi connectivity index (χ3n) is 3.18. The molecule has 4 N–H and O–H groups in total. The van der Waals surface area contributed by atoms with Crippen LogP contribution in [0.4, 0.5) is 0 Å². The third-order valence-corrected chi connectivity index (χ3v) is 3.18. The SMILES string of the molecule is C[C@@H](N)C(=O)NCC1CCCCC1C(=O)O. The Balaban J connectivity index is 2.44. The Hall–Kier alpha value is -1.10. The van der Waals surface area contributed by atoms with Crippen LogP contribution in [0.3, 0.4) is 0 Å². The average Bonchev–Trinajstić information content (AvgIpc) is 2.25. The van der Waals surface area contributed by atoms with Gasteiger partial charge >= 0.3 is 5.97 Å². The maximum atomic E-state index is 11.3. The maximum absolute atomic E-state index is 11.3. The van der Waals surface area contributed by atoms with Crippen LogP contribution in [0.25, 0.3) is 0 Å². The molecular weight excluding hydrogens is 208 g/mol. The van der Waals surface area contributed by atoms with Gasteiger partial charge in [-0.15, -0.1) is 0 Å². The summed E-state index contributed by atoms with van der Waals surface area (Å²) in [5, 5.41) is 11.8. The fourth-order valence-corrected chi connectivity index (χ4v) is 2.17. The van der Waals surface area contributed by atoms with Crippen LogP contribution in [0.5, 0.6) is 0 Å². The molecule has 0 aromatic rings. The van der Waals surface area contributed by atoms with E-state index in [0.717, 1.165) is 19.3 Å². The molecule has 2 unspecified atom stereocenters. The van der Waals surface area contributed by atoms with Crippen LogP contribution < -0.4 is 11.1 Å². The largest absolute Gasteiger partial charge is 0.481 e. The van der Waals surface area contributed by atoms with Crippen molar-refractivity contribution in [1.82, 2.24) is 5.32 Å². The van der Waals surface area contributed by atoms with E-state index in [9.17, 15) is 9.59 Å². The van der Waals surface area contributed by atoms with E-state index in [4.69, 9.17) is 10.8 Å². The minimum Gasteiger partial charge on any atom is -0.481 e. The number of rotatable bonds is 4. The summed E-state index contributed by atoms with van der Waals surface area (Å²) in [5.41, 5.74) is 5.42. The smallest absolute Gasteiger partial charge is 0.306 e. The Kier molecular flexibility index (Phi) is 4.73. The Morgan fingerprint density at radius 2 is 2.06 bits per heavy atom. The monoisotopic (exact) mass is 228 g/mol. The molecule has 0 heterocycles. The van der Waals surface area contributed by atoms with E-state index < -0.39 is 12.0 Å². The maximum Gasteiger partial charge on any atom is 0.306 e. The van der Waals surface area contributed by atoms with Gasteiger partial charge in [-0.1, -0.05) is 12.8 Å². The lowest BCUT2D eigenvalue weighted by atomic mass is 9.79. The third kappa shape index (κ3) is 3.48. The number of hydrogen-bond donors (Lipinski definition) is 3. The van der Waals surface area contributed by atoms with Crippen molar-refractivity contribution in [3.05, 3.63) is 0 Å². The van der Waals surface area contributed by atoms with E-state index >= 15 is 0 Å². The molecule has 1 aliphatic rings. The first-order valence-electron chi connectivity index (χ1n) is 5.78. The molecule has 3 atom stereocenters. The highest BCUT2D eigenvalue weighted by Gasteiger charge is 2.30. The van der Waals surface area contributed by atoms with Crippen LogP contribution in [-0.2, 0) is 9.59 Å². The van der Waals surface area contributed by atoms with Gasteiger partial charge in [-0.05, 0) is 25.7 Å². The fraction of sp³-hybridized carbons (Fsp3) is 0.818. The first-order valence-corrected chi connectivity index (χ1v) is 5.78. The highest BCUT2D eigenvalue weighted by molar-refractivity contribution is 5.81. The Morgan fingerprint density at radius 1 is 1.44 bits per heavy atom. The van der Waals surface area contributed by atoms with Crippen molar-refractivity contribution < 1.29 is 14.7 Å².